The summed E-state index contributed by atoms with van der Waals surface area (Å²) in [5, 5.41) is 2.57. The smallest absolute Gasteiger partial charge is 0.351 e. The van der Waals surface area contributed by atoms with E-state index in [0.717, 1.165) is 18.9 Å². The van der Waals surface area contributed by atoms with Crippen molar-refractivity contribution >= 4 is 5.91 Å². The lowest BCUT2D eigenvalue weighted by Gasteiger charge is -2.12. The molecule has 6 heteroatoms. The van der Waals surface area contributed by atoms with Crippen molar-refractivity contribution in [1.82, 2.24) is 5.32 Å². The Hall–Kier alpha value is -1.59. The fraction of sp³-hybridized carbons (Fsp3) is 0.462. The number of benzene rings is 1. The van der Waals surface area contributed by atoms with Crippen molar-refractivity contribution in [3.63, 3.8) is 0 Å². The zero-order valence-electron chi connectivity index (χ0n) is 10.3. The molecule has 0 aromatic heterocycles. The summed E-state index contributed by atoms with van der Waals surface area (Å²) in [6.07, 6.45) is -2.82. The average molecular weight is 275 g/mol. The van der Waals surface area contributed by atoms with E-state index in [1.54, 1.807) is 0 Å². The predicted molar refractivity (Wildman–Crippen MR) is 61.1 cm³/mol. The summed E-state index contributed by atoms with van der Waals surface area (Å²) < 4.78 is 50.6. The Balaban J connectivity index is 2.13. The number of halogens is 4. The van der Waals surface area contributed by atoms with E-state index in [1.807, 2.05) is 6.92 Å². The van der Waals surface area contributed by atoms with Gasteiger partial charge in [0.05, 0.1) is 5.56 Å². The van der Waals surface area contributed by atoms with Crippen LogP contribution in [0, 0.1) is 11.2 Å². The molecule has 0 saturated heterocycles. The van der Waals surface area contributed by atoms with Crippen molar-refractivity contribution in [2.24, 2.45) is 5.41 Å². The monoisotopic (exact) mass is 275 g/mol. The number of hydrogen-bond donors (Lipinski definition) is 1. The molecule has 1 aromatic rings. The van der Waals surface area contributed by atoms with Crippen molar-refractivity contribution < 1.29 is 22.4 Å². The lowest BCUT2D eigenvalue weighted by molar-refractivity contribution is -0.140. The highest BCUT2D eigenvalue weighted by Gasteiger charge is 2.38. The molecule has 1 aliphatic carbocycles. The van der Waals surface area contributed by atoms with E-state index in [4.69, 9.17) is 0 Å². The molecule has 2 nitrogen and oxygen atoms in total. The van der Waals surface area contributed by atoms with Gasteiger partial charge >= 0.3 is 6.18 Å². The molecule has 19 heavy (non-hydrogen) atoms. The second-order valence-corrected chi connectivity index (χ2v) is 5.19. The molecular formula is C13H13F4NO. The van der Waals surface area contributed by atoms with Crippen LogP contribution in [0.3, 0.4) is 0 Å². The van der Waals surface area contributed by atoms with Crippen molar-refractivity contribution in [3.05, 3.63) is 35.1 Å². The van der Waals surface area contributed by atoms with Crippen LogP contribution in [-0.2, 0) is 6.18 Å². The summed E-state index contributed by atoms with van der Waals surface area (Å²) >= 11 is 0. The lowest BCUT2D eigenvalue weighted by Crippen LogP contribution is -2.29. The second kappa shape index (κ2) is 4.51. The zero-order valence-corrected chi connectivity index (χ0v) is 10.3. The van der Waals surface area contributed by atoms with Crippen molar-refractivity contribution in [2.75, 3.05) is 6.54 Å². The molecule has 104 valence electrons. The fourth-order valence-electron chi connectivity index (χ4n) is 1.67. The summed E-state index contributed by atoms with van der Waals surface area (Å²) in [5.74, 6) is -1.99. The summed E-state index contributed by atoms with van der Waals surface area (Å²) in [4.78, 5) is 11.7. The Kier molecular flexibility index (Phi) is 3.28. The minimum atomic E-state index is -4.80. The highest BCUT2D eigenvalue weighted by atomic mass is 19.4. The lowest BCUT2D eigenvalue weighted by atomic mass is 10.1. The van der Waals surface area contributed by atoms with Gasteiger partial charge in [-0.15, -0.1) is 0 Å². The first kappa shape index (κ1) is 13.8. The standard InChI is InChI=1S/C13H13F4NO/c1-12(4-5-12)7-18-11(19)8-2-3-10(14)9(6-8)13(15,16)17/h2-3,6H,4-5,7H2,1H3,(H,18,19). The van der Waals surface area contributed by atoms with Gasteiger partial charge in [-0.25, -0.2) is 4.39 Å². The first-order valence-electron chi connectivity index (χ1n) is 5.86. The highest BCUT2D eigenvalue weighted by Crippen LogP contribution is 2.44. The SMILES string of the molecule is CC1(CNC(=O)c2ccc(F)c(C(F)(F)F)c2)CC1. The third-order valence-electron chi connectivity index (χ3n) is 3.31. The Labute approximate surface area is 107 Å². The molecule has 0 spiro atoms. The van der Waals surface area contributed by atoms with Crippen molar-refractivity contribution in [1.29, 1.82) is 0 Å². The van der Waals surface area contributed by atoms with E-state index in [9.17, 15) is 22.4 Å². The van der Waals surface area contributed by atoms with Gasteiger partial charge in [-0.05, 0) is 36.5 Å². The van der Waals surface area contributed by atoms with Gasteiger partial charge in [0.1, 0.15) is 5.82 Å². The first-order valence-corrected chi connectivity index (χ1v) is 5.86. The quantitative estimate of drug-likeness (QED) is 0.842. The number of carbonyl (C=O) groups is 1. The van der Waals surface area contributed by atoms with E-state index in [2.05, 4.69) is 5.32 Å². The van der Waals surface area contributed by atoms with Gasteiger partial charge in [-0.1, -0.05) is 6.92 Å². The Bertz CT molecular complexity index is 506. The predicted octanol–water partition coefficient (Wildman–Crippen LogP) is 3.37. The number of rotatable bonds is 3. The third-order valence-corrected chi connectivity index (χ3v) is 3.31. The van der Waals surface area contributed by atoms with Gasteiger partial charge in [-0.2, -0.15) is 13.2 Å². The molecular weight excluding hydrogens is 262 g/mol. The van der Waals surface area contributed by atoms with E-state index < -0.39 is 23.5 Å². The normalized spacial score (nSPS) is 17.1. The number of amides is 1. The van der Waals surface area contributed by atoms with E-state index in [0.29, 0.717) is 18.7 Å². The molecule has 1 N–H and O–H groups in total. The number of nitrogens with one attached hydrogen (secondary N) is 1. The van der Waals surface area contributed by atoms with Crippen LogP contribution in [0.2, 0.25) is 0 Å². The van der Waals surface area contributed by atoms with Gasteiger partial charge < -0.3 is 5.32 Å². The van der Waals surface area contributed by atoms with Gasteiger partial charge in [0.2, 0.25) is 0 Å². The average Bonchev–Trinajstić information content (AvgIpc) is 3.04. The molecule has 0 unspecified atom stereocenters. The maximum absolute atomic E-state index is 13.1. The van der Waals surface area contributed by atoms with Crippen LogP contribution in [0.5, 0.6) is 0 Å². The molecule has 1 aromatic carbocycles. The van der Waals surface area contributed by atoms with Crippen LogP contribution < -0.4 is 5.32 Å². The van der Waals surface area contributed by atoms with Crippen LogP contribution in [0.4, 0.5) is 17.6 Å². The minimum Gasteiger partial charge on any atom is -0.351 e. The molecule has 0 atom stereocenters. The van der Waals surface area contributed by atoms with E-state index >= 15 is 0 Å². The number of carbonyl (C=O) groups excluding carboxylic acids is 1. The third kappa shape index (κ3) is 3.24. The Morgan fingerprint density at radius 2 is 2.00 bits per heavy atom. The van der Waals surface area contributed by atoms with E-state index in [-0.39, 0.29) is 11.0 Å². The van der Waals surface area contributed by atoms with Crippen molar-refractivity contribution in [2.45, 2.75) is 25.9 Å². The Morgan fingerprint density at radius 1 is 1.37 bits per heavy atom. The Morgan fingerprint density at radius 3 is 2.53 bits per heavy atom. The molecule has 0 radical (unpaired) electrons. The molecule has 0 bridgehead atoms. The van der Waals surface area contributed by atoms with Gasteiger partial charge in [0.15, 0.2) is 0 Å². The summed E-state index contributed by atoms with van der Waals surface area (Å²) in [7, 11) is 0. The minimum absolute atomic E-state index is 0.0581. The number of alkyl halides is 3. The van der Waals surface area contributed by atoms with Crippen LogP contribution >= 0.6 is 0 Å². The highest BCUT2D eigenvalue weighted by molar-refractivity contribution is 5.94. The fourth-order valence-corrected chi connectivity index (χ4v) is 1.67. The van der Waals surface area contributed by atoms with Gasteiger partial charge in [-0.3, -0.25) is 4.79 Å². The zero-order chi connectivity index (χ0) is 14.3. The van der Waals surface area contributed by atoms with Crippen LogP contribution in [0.1, 0.15) is 35.7 Å². The molecule has 1 saturated carbocycles. The van der Waals surface area contributed by atoms with Crippen molar-refractivity contribution in [3.8, 4) is 0 Å². The summed E-state index contributed by atoms with van der Waals surface area (Å²) in [6.45, 7) is 2.41. The second-order valence-electron chi connectivity index (χ2n) is 5.19. The summed E-state index contributed by atoms with van der Waals surface area (Å²) in [5.41, 5.74) is -1.54. The summed E-state index contributed by atoms with van der Waals surface area (Å²) in [6, 6.07) is 2.26. The molecule has 0 heterocycles. The number of hydrogen-bond acceptors (Lipinski definition) is 1. The van der Waals surface area contributed by atoms with Crippen LogP contribution in [-0.4, -0.2) is 12.5 Å². The van der Waals surface area contributed by atoms with E-state index in [1.165, 1.54) is 0 Å². The molecule has 1 amide bonds. The molecule has 1 fully saturated rings. The maximum Gasteiger partial charge on any atom is 0.419 e. The topological polar surface area (TPSA) is 29.1 Å². The maximum atomic E-state index is 13.1. The molecule has 1 aliphatic rings. The largest absolute Gasteiger partial charge is 0.419 e. The first-order chi connectivity index (χ1) is 8.71. The molecule has 2 rings (SSSR count). The van der Waals surface area contributed by atoms with Crippen LogP contribution in [0.15, 0.2) is 18.2 Å². The van der Waals surface area contributed by atoms with Crippen LogP contribution in [0.25, 0.3) is 0 Å². The molecule has 0 aliphatic heterocycles. The van der Waals surface area contributed by atoms with Gasteiger partial charge in [0.25, 0.3) is 5.91 Å². The van der Waals surface area contributed by atoms with Gasteiger partial charge in [0, 0.05) is 12.1 Å².